The van der Waals surface area contributed by atoms with Crippen LogP contribution in [-0.4, -0.2) is 82.4 Å². The molecule has 2 atom stereocenters. The number of amides is 2. The quantitative estimate of drug-likeness (QED) is 0.102. The van der Waals surface area contributed by atoms with E-state index in [-0.39, 0.29) is 74.2 Å². The van der Waals surface area contributed by atoms with E-state index in [1.54, 1.807) is 55.4 Å². The first-order valence-corrected chi connectivity index (χ1v) is 14.7. The molecule has 0 bridgehead atoms. The molecule has 22 heteroatoms. The molecule has 18 nitrogen and oxygen atoms in total. The van der Waals surface area contributed by atoms with Crippen LogP contribution < -0.4 is 20.1 Å². The Labute approximate surface area is 315 Å². The summed E-state index contributed by atoms with van der Waals surface area (Å²) in [6, 6.07) is -1.48. The zero-order valence-corrected chi connectivity index (χ0v) is 31.5. The molecule has 2 amide bonds. The monoisotopic (exact) mass is 860 g/mol. The van der Waals surface area contributed by atoms with Gasteiger partial charge in [-0.3, -0.25) is 14.6 Å². The van der Waals surface area contributed by atoms with Crippen LogP contribution in [-0.2, 0) is 58.5 Å². The zero-order chi connectivity index (χ0) is 37.5. The number of rotatable bonds is 12. The van der Waals surface area contributed by atoms with E-state index in [2.05, 4.69) is 30.1 Å². The average molecular weight is 862 g/mol. The Hall–Kier alpha value is -4.55. The molecule has 2 unspecified atom stereocenters. The summed E-state index contributed by atoms with van der Waals surface area (Å²) in [6.45, 7) is 13.0. The number of aromatic nitrogens is 2. The van der Waals surface area contributed by atoms with Crippen molar-refractivity contribution >= 4 is 48.7 Å². The summed E-state index contributed by atoms with van der Waals surface area (Å²) in [5.41, 5.74) is -2.55. The smallest absolute Gasteiger partial charge is 0.408 e. The second kappa shape index (κ2) is 23.8. The first kappa shape index (κ1) is 51.8. The van der Waals surface area contributed by atoms with E-state index in [4.69, 9.17) is 30.5 Å². The van der Waals surface area contributed by atoms with Crippen molar-refractivity contribution in [3.8, 4) is 11.5 Å². The van der Waals surface area contributed by atoms with Crippen LogP contribution in [0.15, 0.2) is 18.3 Å². The fourth-order valence-electron chi connectivity index (χ4n) is 3.34. The minimum atomic E-state index is -1.60. The molecule has 2 aromatic rings. The van der Waals surface area contributed by atoms with Crippen molar-refractivity contribution in [2.45, 2.75) is 78.7 Å². The van der Waals surface area contributed by atoms with Gasteiger partial charge in [0.15, 0.2) is 40.4 Å². The molecule has 6 N–H and O–H groups in total. The van der Waals surface area contributed by atoms with E-state index in [0.717, 1.165) is 18.3 Å². The van der Waals surface area contributed by atoms with E-state index in [1.165, 1.54) is 0 Å². The number of halogens is 3. The maximum absolute atomic E-state index is 14.3. The van der Waals surface area contributed by atoms with E-state index in [9.17, 15) is 37.5 Å². The summed E-state index contributed by atoms with van der Waals surface area (Å²) in [5, 5.41) is 4.03. The normalized spacial score (nSPS) is 11.4. The maximum Gasteiger partial charge on any atom is 0.408 e. The SMILES string of the molecule is CCOC(=O)C(NC(=O)OC(C)(C)C)c1nc(Cl)c(OC=O)cc1F.CCOC(=O)C(NC(=O)OC(C)(C)C)c1ncc(OC=O)cc1F.O.O.[Pd]. The van der Waals surface area contributed by atoms with E-state index >= 15 is 0 Å². The number of carbonyl (C=O) groups is 6. The molecule has 0 saturated heterocycles. The van der Waals surface area contributed by atoms with Gasteiger partial charge >= 0.3 is 24.1 Å². The van der Waals surface area contributed by atoms with Gasteiger partial charge in [-0.05, 0) is 55.4 Å². The number of ether oxygens (including phenoxy) is 6. The number of hydrogen-bond acceptors (Lipinski definition) is 14. The molecule has 2 rings (SSSR count). The van der Waals surface area contributed by atoms with Crippen molar-refractivity contribution in [3.05, 3.63) is 46.5 Å². The van der Waals surface area contributed by atoms with E-state index in [1.807, 2.05) is 0 Å². The minimum Gasteiger partial charge on any atom is -0.464 e. The molecule has 0 aromatic carbocycles. The number of nitrogens with one attached hydrogen (secondary N) is 2. The Balaban J connectivity index is -0.000000874. The standard InChI is InChI=1S/C15H18ClFN2O6.C15H19FN2O6.2H2O.Pd/c1-5-23-13(21)11(19-14(22)25-15(2,3)4)10-8(17)6-9(24-7-20)12(16)18-10;1-5-22-13(20)12(18-14(21)24-15(2,3)4)11-10(16)6-9(7-17-11)23-8-19;;;/h6-7,11H,5H2,1-4H3,(H,19,22);6-8,12H,5H2,1-4H3,(H,18,21);2*1H2;. The van der Waals surface area contributed by atoms with Gasteiger partial charge in [-0.25, -0.2) is 32.9 Å². The van der Waals surface area contributed by atoms with Gasteiger partial charge in [-0.2, -0.15) is 0 Å². The van der Waals surface area contributed by atoms with Crippen molar-refractivity contribution in [1.29, 1.82) is 0 Å². The molecule has 0 spiro atoms. The molecule has 0 aliphatic rings. The van der Waals surface area contributed by atoms with Crippen LogP contribution in [0.25, 0.3) is 0 Å². The van der Waals surface area contributed by atoms with Crippen molar-refractivity contribution in [3.63, 3.8) is 0 Å². The second-order valence-electron chi connectivity index (χ2n) is 11.3. The molecule has 0 saturated carbocycles. The number of hydrogen-bond donors (Lipinski definition) is 2. The summed E-state index contributed by atoms with van der Waals surface area (Å²) in [6.07, 6.45) is -0.874. The Kier molecular flexibility index (Phi) is 23.8. The third kappa shape index (κ3) is 18.1. The average Bonchev–Trinajstić information content (AvgIpc) is 2.96. The van der Waals surface area contributed by atoms with Crippen LogP contribution >= 0.6 is 11.6 Å². The first-order chi connectivity index (χ1) is 22.8. The number of alkyl carbamates (subject to hydrolysis) is 2. The molecule has 0 aliphatic carbocycles. The van der Waals surface area contributed by atoms with Crippen LogP contribution in [0.5, 0.6) is 11.5 Å². The molecular weight excluding hydrogens is 820 g/mol. The molecule has 2 aromatic heterocycles. The van der Waals surface area contributed by atoms with Gasteiger partial charge in [0, 0.05) is 32.6 Å². The molecule has 0 fully saturated rings. The Morgan fingerprint density at radius 1 is 0.788 bits per heavy atom. The molecule has 0 aliphatic heterocycles. The van der Waals surface area contributed by atoms with Crippen molar-refractivity contribution in [2.24, 2.45) is 0 Å². The van der Waals surface area contributed by atoms with Gasteiger partial charge in [0.2, 0.25) is 0 Å². The predicted molar refractivity (Wildman–Crippen MR) is 171 cm³/mol. The second-order valence-corrected chi connectivity index (χ2v) is 11.6. The Morgan fingerprint density at radius 2 is 1.21 bits per heavy atom. The summed E-state index contributed by atoms with van der Waals surface area (Å²) in [7, 11) is 0. The molecule has 2 heterocycles. The van der Waals surface area contributed by atoms with Crippen molar-refractivity contribution in [1.82, 2.24) is 20.6 Å². The van der Waals surface area contributed by atoms with Crippen LogP contribution in [0.3, 0.4) is 0 Å². The molecule has 296 valence electrons. The third-order valence-electron chi connectivity index (χ3n) is 5.04. The van der Waals surface area contributed by atoms with Crippen molar-refractivity contribution in [2.75, 3.05) is 13.2 Å². The molecule has 52 heavy (non-hydrogen) atoms. The number of pyridine rings is 2. The van der Waals surface area contributed by atoms with Gasteiger partial charge in [0.05, 0.1) is 19.4 Å². The van der Waals surface area contributed by atoms with E-state index < -0.39 is 70.4 Å². The minimum absolute atomic E-state index is 0. The van der Waals surface area contributed by atoms with Crippen LogP contribution in [0, 0.1) is 11.6 Å². The summed E-state index contributed by atoms with van der Waals surface area (Å²) >= 11 is 5.79. The zero-order valence-electron chi connectivity index (χ0n) is 29.2. The summed E-state index contributed by atoms with van der Waals surface area (Å²) in [4.78, 5) is 75.9. The van der Waals surface area contributed by atoms with Gasteiger partial charge < -0.3 is 50.0 Å². The maximum atomic E-state index is 14.3. The fraction of sp³-hybridized carbons (Fsp3) is 0.467. The van der Waals surface area contributed by atoms with Gasteiger partial charge in [0.1, 0.15) is 22.6 Å². The summed E-state index contributed by atoms with van der Waals surface area (Å²) < 4.78 is 57.1. The first-order valence-electron chi connectivity index (χ1n) is 14.3. The predicted octanol–water partition coefficient (Wildman–Crippen LogP) is 2.77. The summed E-state index contributed by atoms with van der Waals surface area (Å²) in [5.74, 6) is -4.33. The van der Waals surface area contributed by atoms with Gasteiger partial charge in [-0.1, -0.05) is 11.6 Å². The Bertz CT molecular complexity index is 1510. The van der Waals surface area contributed by atoms with Gasteiger partial charge in [-0.15, -0.1) is 0 Å². The Morgan fingerprint density at radius 3 is 1.60 bits per heavy atom. The van der Waals surface area contributed by atoms with Gasteiger partial charge in [0.25, 0.3) is 12.9 Å². The topological polar surface area (TPSA) is 271 Å². The van der Waals surface area contributed by atoms with Crippen LogP contribution in [0.4, 0.5) is 18.4 Å². The van der Waals surface area contributed by atoms with Crippen molar-refractivity contribution < 1.29 is 97.3 Å². The number of nitrogens with zero attached hydrogens (tertiary/aromatic N) is 2. The molecule has 0 radical (unpaired) electrons. The third-order valence-corrected chi connectivity index (χ3v) is 5.31. The number of esters is 2. The molecular formula is C30H41ClF2N4O14Pd. The fourth-order valence-corrected chi connectivity index (χ4v) is 3.53. The van der Waals surface area contributed by atoms with E-state index in [0.29, 0.717) is 0 Å². The van der Waals surface area contributed by atoms with Crippen LogP contribution in [0.2, 0.25) is 5.15 Å². The van der Waals surface area contributed by atoms with Crippen LogP contribution in [0.1, 0.15) is 78.9 Å². The largest absolute Gasteiger partial charge is 0.464 e. The number of carbonyl (C=O) groups excluding carboxylic acids is 6.